The number of aliphatic imine (C=N–C) groups is 1. The van der Waals surface area contributed by atoms with Crippen LogP contribution in [0.2, 0.25) is 0 Å². The molecule has 2 nitrogen and oxygen atoms in total. The molecule has 2 unspecified atom stereocenters. The highest BCUT2D eigenvalue weighted by atomic mass is 32.2. The zero-order chi connectivity index (χ0) is 8.39. The third-order valence-electron chi connectivity index (χ3n) is 2.06. The van der Waals surface area contributed by atoms with Crippen LogP contribution in [-0.2, 0) is 0 Å². The number of rotatable bonds is 1. The molecule has 2 rings (SSSR count). The van der Waals surface area contributed by atoms with Gasteiger partial charge < -0.3 is 5.32 Å². The zero-order valence-electron chi connectivity index (χ0n) is 7.25. The first-order valence-corrected chi connectivity index (χ1v) is 6.29. The Hall–Kier alpha value is 0.330. The van der Waals surface area contributed by atoms with Crippen LogP contribution in [0.1, 0.15) is 13.3 Å². The summed E-state index contributed by atoms with van der Waals surface area (Å²) in [6, 6.07) is 0.548. The first-order valence-electron chi connectivity index (χ1n) is 4.42. The molecular weight excluding hydrogens is 188 g/mol. The highest BCUT2D eigenvalue weighted by Crippen LogP contribution is 2.30. The Labute approximate surface area is 82.0 Å². The minimum absolute atomic E-state index is 0.548. The number of hydrogen-bond donors (Lipinski definition) is 1. The second-order valence-electron chi connectivity index (χ2n) is 3.29. The van der Waals surface area contributed by atoms with Crippen molar-refractivity contribution in [2.24, 2.45) is 4.99 Å². The van der Waals surface area contributed by atoms with Gasteiger partial charge in [-0.15, -0.1) is 0 Å². The molecule has 0 aromatic heterocycles. The maximum absolute atomic E-state index is 4.57. The summed E-state index contributed by atoms with van der Waals surface area (Å²) in [6.07, 6.45) is 1.30. The Morgan fingerprint density at radius 1 is 1.67 bits per heavy atom. The van der Waals surface area contributed by atoms with Crippen LogP contribution in [0.3, 0.4) is 0 Å². The molecular formula is C8H14N2S2. The van der Waals surface area contributed by atoms with Crippen molar-refractivity contribution < 1.29 is 0 Å². The van der Waals surface area contributed by atoms with Gasteiger partial charge >= 0.3 is 0 Å². The van der Waals surface area contributed by atoms with Crippen LogP contribution in [0.15, 0.2) is 4.99 Å². The number of thioether (sulfide) groups is 2. The van der Waals surface area contributed by atoms with E-state index >= 15 is 0 Å². The standard InChI is InChI=1S/C8H14N2S2/c1-6-5-11-8(10-6)12-7-2-3-9-4-7/h6-7,9H,2-5H2,1H3. The molecule has 2 aliphatic heterocycles. The van der Waals surface area contributed by atoms with Crippen LogP contribution in [0, 0.1) is 0 Å². The van der Waals surface area contributed by atoms with Gasteiger partial charge in [0.2, 0.25) is 0 Å². The molecule has 0 aromatic rings. The van der Waals surface area contributed by atoms with Crippen LogP contribution >= 0.6 is 23.5 Å². The van der Waals surface area contributed by atoms with Gasteiger partial charge in [0.05, 0.1) is 6.04 Å². The van der Waals surface area contributed by atoms with Crippen LogP contribution in [-0.4, -0.2) is 34.5 Å². The van der Waals surface area contributed by atoms with Crippen LogP contribution < -0.4 is 5.32 Å². The van der Waals surface area contributed by atoms with Gasteiger partial charge in [-0.25, -0.2) is 0 Å². The summed E-state index contributed by atoms with van der Waals surface area (Å²) in [7, 11) is 0. The van der Waals surface area contributed by atoms with Crippen molar-refractivity contribution in [3.05, 3.63) is 0 Å². The molecule has 2 aliphatic rings. The smallest absolute Gasteiger partial charge is 0.125 e. The molecule has 0 spiro atoms. The Kier molecular flexibility index (Phi) is 2.99. The summed E-state index contributed by atoms with van der Waals surface area (Å²) in [4.78, 5) is 4.57. The summed E-state index contributed by atoms with van der Waals surface area (Å²) >= 11 is 3.89. The van der Waals surface area contributed by atoms with Gasteiger partial charge in [0.1, 0.15) is 4.38 Å². The average Bonchev–Trinajstić information content (AvgIpc) is 2.63. The van der Waals surface area contributed by atoms with E-state index in [9.17, 15) is 0 Å². The van der Waals surface area contributed by atoms with Crippen molar-refractivity contribution in [2.75, 3.05) is 18.8 Å². The van der Waals surface area contributed by atoms with E-state index in [1.54, 1.807) is 0 Å². The van der Waals surface area contributed by atoms with E-state index in [0.717, 1.165) is 5.25 Å². The van der Waals surface area contributed by atoms with E-state index < -0.39 is 0 Å². The van der Waals surface area contributed by atoms with E-state index in [1.165, 1.54) is 29.6 Å². The SMILES string of the molecule is CC1CSC(SC2CCNC2)=N1. The van der Waals surface area contributed by atoms with Gasteiger partial charge in [-0.3, -0.25) is 4.99 Å². The molecule has 0 bridgehead atoms. The van der Waals surface area contributed by atoms with E-state index in [-0.39, 0.29) is 0 Å². The highest BCUT2D eigenvalue weighted by Gasteiger charge is 2.21. The lowest BCUT2D eigenvalue weighted by Gasteiger charge is -2.05. The fourth-order valence-electron chi connectivity index (χ4n) is 1.38. The molecule has 0 saturated carbocycles. The highest BCUT2D eigenvalue weighted by molar-refractivity contribution is 8.39. The van der Waals surface area contributed by atoms with E-state index in [0.29, 0.717) is 6.04 Å². The number of hydrogen-bond acceptors (Lipinski definition) is 4. The van der Waals surface area contributed by atoms with Crippen molar-refractivity contribution >= 4 is 27.9 Å². The first-order chi connectivity index (χ1) is 5.84. The summed E-state index contributed by atoms with van der Waals surface area (Å²) in [6.45, 7) is 4.54. The van der Waals surface area contributed by atoms with Gasteiger partial charge in [0.25, 0.3) is 0 Å². The van der Waals surface area contributed by atoms with Gasteiger partial charge in [0.15, 0.2) is 0 Å². The second kappa shape index (κ2) is 4.03. The predicted octanol–water partition coefficient (Wildman–Crippen LogP) is 1.57. The van der Waals surface area contributed by atoms with E-state index in [2.05, 4.69) is 17.2 Å². The van der Waals surface area contributed by atoms with Gasteiger partial charge in [0, 0.05) is 17.5 Å². The first kappa shape index (κ1) is 8.91. The molecule has 2 heterocycles. The molecule has 0 amide bonds. The van der Waals surface area contributed by atoms with E-state index in [1.807, 2.05) is 23.5 Å². The largest absolute Gasteiger partial charge is 0.316 e. The lowest BCUT2D eigenvalue weighted by Crippen LogP contribution is -2.11. The zero-order valence-corrected chi connectivity index (χ0v) is 8.88. The third-order valence-corrected chi connectivity index (χ3v) is 4.74. The molecule has 68 valence electrons. The lowest BCUT2D eigenvalue weighted by molar-refractivity contribution is 0.858. The molecule has 1 fully saturated rings. The molecule has 2 atom stereocenters. The Bertz CT molecular complexity index is 187. The lowest BCUT2D eigenvalue weighted by atomic mass is 10.4. The summed E-state index contributed by atoms with van der Waals surface area (Å²) < 4.78 is 1.32. The molecule has 1 N–H and O–H groups in total. The van der Waals surface area contributed by atoms with Crippen LogP contribution in [0.25, 0.3) is 0 Å². The quantitative estimate of drug-likeness (QED) is 0.698. The molecule has 1 saturated heterocycles. The van der Waals surface area contributed by atoms with Gasteiger partial charge in [-0.2, -0.15) is 0 Å². The predicted molar refractivity (Wildman–Crippen MR) is 58.2 cm³/mol. The second-order valence-corrected chi connectivity index (χ2v) is 5.84. The molecule has 12 heavy (non-hydrogen) atoms. The van der Waals surface area contributed by atoms with Crippen molar-refractivity contribution in [2.45, 2.75) is 24.6 Å². The van der Waals surface area contributed by atoms with Crippen LogP contribution in [0.5, 0.6) is 0 Å². The monoisotopic (exact) mass is 202 g/mol. The summed E-state index contributed by atoms with van der Waals surface area (Å²) in [5.74, 6) is 1.18. The van der Waals surface area contributed by atoms with Gasteiger partial charge in [-0.1, -0.05) is 23.5 Å². The Morgan fingerprint density at radius 3 is 3.17 bits per heavy atom. The molecule has 0 aromatic carbocycles. The summed E-state index contributed by atoms with van der Waals surface area (Å²) in [5, 5.41) is 4.15. The van der Waals surface area contributed by atoms with Crippen LogP contribution in [0.4, 0.5) is 0 Å². The maximum Gasteiger partial charge on any atom is 0.125 e. The summed E-state index contributed by atoms with van der Waals surface area (Å²) in [5.41, 5.74) is 0. The Morgan fingerprint density at radius 2 is 2.58 bits per heavy atom. The maximum atomic E-state index is 4.57. The fourth-order valence-corrected chi connectivity index (χ4v) is 3.94. The van der Waals surface area contributed by atoms with Crippen molar-refractivity contribution in [1.82, 2.24) is 5.32 Å². The minimum atomic E-state index is 0.548. The fraction of sp³-hybridized carbons (Fsp3) is 0.875. The number of nitrogens with one attached hydrogen (secondary N) is 1. The third kappa shape index (κ3) is 2.18. The Balaban J connectivity index is 1.82. The normalized spacial score (nSPS) is 35.6. The molecule has 0 aliphatic carbocycles. The van der Waals surface area contributed by atoms with Crippen molar-refractivity contribution in [3.8, 4) is 0 Å². The molecule has 0 radical (unpaired) electrons. The number of nitrogens with zero attached hydrogens (tertiary/aromatic N) is 1. The van der Waals surface area contributed by atoms with Crippen molar-refractivity contribution in [1.29, 1.82) is 0 Å². The van der Waals surface area contributed by atoms with E-state index in [4.69, 9.17) is 0 Å². The topological polar surface area (TPSA) is 24.4 Å². The molecule has 4 heteroatoms. The van der Waals surface area contributed by atoms with Gasteiger partial charge in [-0.05, 0) is 19.9 Å². The average molecular weight is 202 g/mol. The minimum Gasteiger partial charge on any atom is -0.316 e. The van der Waals surface area contributed by atoms with Crippen molar-refractivity contribution in [3.63, 3.8) is 0 Å².